The van der Waals surface area contributed by atoms with Crippen LogP contribution < -0.4 is 0 Å². The standard InChI is InChI=1S/C12H12Cl2OS/c13-11(7-3-1-4-8-11)16(15)12(14)9-5-2-6-10-12/h1-7,9H,8,10H2. The van der Waals surface area contributed by atoms with Crippen LogP contribution in [0, 0.1) is 0 Å². The molecule has 1 nitrogen and oxygen atoms in total. The highest BCUT2D eigenvalue weighted by atomic mass is 35.5. The molecule has 0 saturated heterocycles. The Hall–Kier alpha value is -0.310. The van der Waals surface area contributed by atoms with Gasteiger partial charge in [-0.05, 0) is 0 Å². The Labute approximate surface area is 108 Å². The van der Waals surface area contributed by atoms with Crippen molar-refractivity contribution < 1.29 is 4.21 Å². The van der Waals surface area contributed by atoms with Gasteiger partial charge < -0.3 is 0 Å². The second-order valence-electron chi connectivity index (χ2n) is 3.82. The molecule has 0 spiro atoms. The number of alkyl halides is 2. The molecule has 2 unspecified atom stereocenters. The van der Waals surface area contributed by atoms with Gasteiger partial charge in [-0.1, -0.05) is 71.8 Å². The van der Waals surface area contributed by atoms with Crippen molar-refractivity contribution in [2.75, 3.05) is 0 Å². The lowest BCUT2D eigenvalue weighted by molar-refractivity contribution is 0.659. The zero-order chi connectivity index (χ0) is 11.6. The first-order chi connectivity index (χ1) is 7.57. The summed E-state index contributed by atoms with van der Waals surface area (Å²) in [5, 5.41) is 0. The molecule has 0 bridgehead atoms. The van der Waals surface area contributed by atoms with Crippen LogP contribution in [0.1, 0.15) is 12.8 Å². The normalized spacial score (nSPS) is 38.9. The van der Waals surface area contributed by atoms with Crippen LogP contribution in [0.3, 0.4) is 0 Å². The van der Waals surface area contributed by atoms with Crippen LogP contribution in [0.25, 0.3) is 0 Å². The van der Waals surface area contributed by atoms with Gasteiger partial charge in [0.05, 0.1) is 10.8 Å². The third-order valence-electron chi connectivity index (χ3n) is 2.59. The molecule has 0 heterocycles. The van der Waals surface area contributed by atoms with E-state index >= 15 is 0 Å². The molecule has 0 saturated carbocycles. The molecule has 2 rings (SSSR count). The number of rotatable bonds is 2. The van der Waals surface area contributed by atoms with Crippen molar-refractivity contribution >= 4 is 34.0 Å². The minimum absolute atomic E-state index is 0.545. The van der Waals surface area contributed by atoms with Gasteiger partial charge in [0.1, 0.15) is 8.41 Å². The summed E-state index contributed by atoms with van der Waals surface area (Å²) in [7, 11) is -1.37. The molecule has 4 heteroatoms. The molecule has 0 aromatic carbocycles. The molecule has 86 valence electrons. The van der Waals surface area contributed by atoms with E-state index < -0.39 is 19.2 Å². The Kier molecular flexibility index (Phi) is 3.43. The van der Waals surface area contributed by atoms with Crippen molar-refractivity contribution in [2.45, 2.75) is 21.3 Å². The number of halogens is 2. The van der Waals surface area contributed by atoms with Crippen molar-refractivity contribution in [2.24, 2.45) is 0 Å². The Morgan fingerprint density at radius 3 is 1.62 bits per heavy atom. The van der Waals surface area contributed by atoms with Crippen LogP contribution in [-0.2, 0) is 10.8 Å². The smallest absolute Gasteiger partial charge is 0.143 e. The predicted molar refractivity (Wildman–Crippen MR) is 71.1 cm³/mol. The lowest BCUT2D eigenvalue weighted by atomic mass is 10.2. The molecule has 0 fully saturated rings. The van der Waals surface area contributed by atoms with E-state index in [2.05, 4.69) is 0 Å². The van der Waals surface area contributed by atoms with Crippen LogP contribution in [0.4, 0.5) is 0 Å². The van der Waals surface area contributed by atoms with Gasteiger partial charge in [0.25, 0.3) is 0 Å². The molecule has 0 amide bonds. The minimum Gasteiger partial charge on any atom is -0.255 e. The van der Waals surface area contributed by atoms with Gasteiger partial charge in [0.2, 0.25) is 0 Å². The first kappa shape index (κ1) is 12.2. The monoisotopic (exact) mass is 274 g/mol. The molecule has 0 aliphatic heterocycles. The maximum absolute atomic E-state index is 12.5. The average Bonchev–Trinajstić information content (AvgIpc) is 2.30. The SMILES string of the molecule is O=S(C1(Cl)C=CC=CC1)C1(Cl)C=CC=CC1. The van der Waals surface area contributed by atoms with E-state index in [1.165, 1.54) is 0 Å². The van der Waals surface area contributed by atoms with Gasteiger partial charge in [0.15, 0.2) is 0 Å². The number of allylic oxidation sites excluding steroid dienone is 6. The van der Waals surface area contributed by atoms with Gasteiger partial charge in [-0.25, -0.2) is 0 Å². The second-order valence-corrected chi connectivity index (χ2v) is 7.62. The van der Waals surface area contributed by atoms with Crippen molar-refractivity contribution in [3.8, 4) is 0 Å². The molecule has 0 aromatic heterocycles. The van der Waals surface area contributed by atoms with Gasteiger partial charge >= 0.3 is 0 Å². The maximum atomic E-state index is 12.5. The largest absolute Gasteiger partial charge is 0.255 e. The van der Waals surface area contributed by atoms with E-state index in [9.17, 15) is 4.21 Å². The molecular weight excluding hydrogens is 263 g/mol. The molecular formula is C12H12Cl2OS. The molecule has 2 aliphatic rings. The first-order valence-electron chi connectivity index (χ1n) is 5.05. The van der Waals surface area contributed by atoms with Gasteiger partial charge in [0, 0.05) is 12.8 Å². The Bertz CT molecular complexity index is 387. The Morgan fingerprint density at radius 2 is 1.31 bits per heavy atom. The number of hydrogen-bond donors (Lipinski definition) is 0. The van der Waals surface area contributed by atoms with Crippen molar-refractivity contribution in [3.05, 3.63) is 48.6 Å². The minimum atomic E-state index is -1.37. The van der Waals surface area contributed by atoms with Crippen molar-refractivity contribution in [3.63, 3.8) is 0 Å². The Balaban J connectivity index is 2.25. The van der Waals surface area contributed by atoms with Crippen LogP contribution in [0.5, 0.6) is 0 Å². The summed E-state index contributed by atoms with van der Waals surface area (Å²) >= 11 is 12.7. The van der Waals surface area contributed by atoms with Crippen LogP contribution >= 0.6 is 23.2 Å². The van der Waals surface area contributed by atoms with Crippen LogP contribution in [0.15, 0.2) is 48.6 Å². The highest BCUT2D eigenvalue weighted by Gasteiger charge is 2.44. The summed E-state index contributed by atoms with van der Waals surface area (Å²) in [6, 6.07) is 0. The van der Waals surface area contributed by atoms with E-state index in [0.29, 0.717) is 12.8 Å². The maximum Gasteiger partial charge on any atom is 0.143 e. The van der Waals surface area contributed by atoms with E-state index in [1.54, 1.807) is 12.2 Å². The zero-order valence-electron chi connectivity index (χ0n) is 8.61. The fourth-order valence-corrected chi connectivity index (χ4v) is 4.44. The average molecular weight is 275 g/mol. The third-order valence-corrected chi connectivity index (χ3v) is 5.83. The molecule has 0 aromatic rings. The van der Waals surface area contributed by atoms with Crippen LogP contribution in [-0.4, -0.2) is 12.6 Å². The zero-order valence-corrected chi connectivity index (χ0v) is 10.9. The summed E-state index contributed by atoms with van der Waals surface area (Å²) in [5.74, 6) is 0. The molecule has 2 atom stereocenters. The number of hydrogen-bond acceptors (Lipinski definition) is 1. The molecule has 2 aliphatic carbocycles. The predicted octanol–water partition coefficient (Wildman–Crippen LogP) is 3.64. The Morgan fingerprint density at radius 1 is 0.875 bits per heavy atom. The van der Waals surface area contributed by atoms with Gasteiger partial charge in [-0.2, -0.15) is 0 Å². The molecule has 16 heavy (non-hydrogen) atoms. The quantitative estimate of drug-likeness (QED) is 0.703. The summed E-state index contributed by atoms with van der Waals surface area (Å²) < 4.78 is 10.7. The lowest BCUT2D eigenvalue weighted by Crippen LogP contribution is -2.39. The lowest BCUT2D eigenvalue weighted by Gasteiger charge is -2.32. The second kappa shape index (κ2) is 4.52. The summed E-state index contributed by atoms with van der Waals surface area (Å²) in [6.45, 7) is 0. The van der Waals surface area contributed by atoms with Gasteiger partial charge in [-0.15, -0.1) is 0 Å². The van der Waals surface area contributed by atoms with E-state index in [-0.39, 0.29) is 0 Å². The van der Waals surface area contributed by atoms with Gasteiger partial charge in [-0.3, -0.25) is 4.21 Å². The summed E-state index contributed by atoms with van der Waals surface area (Å²) in [4.78, 5) is 0. The fraction of sp³-hybridized carbons (Fsp3) is 0.333. The highest BCUT2D eigenvalue weighted by molar-refractivity contribution is 7.91. The fourth-order valence-electron chi connectivity index (χ4n) is 1.71. The summed E-state index contributed by atoms with van der Waals surface area (Å²) in [6.07, 6.45) is 15.9. The van der Waals surface area contributed by atoms with E-state index in [1.807, 2.05) is 36.5 Å². The van der Waals surface area contributed by atoms with E-state index in [0.717, 1.165) is 0 Å². The first-order valence-corrected chi connectivity index (χ1v) is 6.96. The molecule has 0 radical (unpaired) electrons. The summed E-state index contributed by atoms with van der Waals surface area (Å²) in [5.41, 5.74) is 0. The van der Waals surface area contributed by atoms with Crippen molar-refractivity contribution in [1.29, 1.82) is 0 Å². The topological polar surface area (TPSA) is 17.1 Å². The third kappa shape index (κ3) is 2.20. The molecule has 0 N–H and O–H groups in total. The highest BCUT2D eigenvalue weighted by Crippen LogP contribution is 2.41. The van der Waals surface area contributed by atoms with Crippen LogP contribution in [0.2, 0.25) is 0 Å². The van der Waals surface area contributed by atoms with Crippen molar-refractivity contribution in [1.82, 2.24) is 0 Å². The van der Waals surface area contributed by atoms with E-state index in [4.69, 9.17) is 23.2 Å².